The third kappa shape index (κ3) is 5.44. The van der Waals surface area contributed by atoms with Crippen molar-refractivity contribution in [3.8, 4) is 28.7 Å². The number of hydrogen-bond donors (Lipinski definition) is 0. The van der Waals surface area contributed by atoms with Gasteiger partial charge in [0.1, 0.15) is 11.5 Å². The summed E-state index contributed by atoms with van der Waals surface area (Å²) < 4.78 is 31.1. The molecule has 0 atom stereocenters. The van der Waals surface area contributed by atoms with Crippen LogP contribution in [0.2, 0.25) is 0 Å². The van der Waals surface area contributed by atoms with E-state index in [1.54, 1.807) is 30.3 Å². The van der Waals surface area contributed by atoms with Crippen molar-refractivity contribution >= 4 is 18.0 Å². The Labute approximate surface area is 174 Å². The first kappa shape index (κ1) is 22.6. The van der Waals surface area contributed by atoms with Gasteiger partial charge in [0.05, 0.1) is 42.0 Å². The Bertz CT molecular complexity index is 933. The summed E-state index contributed by atoms with van der Waals surface area (Å²) in [6, 6.07) is 8.39. The highest BCUT2D eigenvalue weighted by Crippen LogP contribution is 2.40. The van der Waals surface area contributed by atoms with Gasteiger partial charge in [-0.2, -0.15) is 0 Å². The number of rotatable bonds is 9. The van der Waals surface area contributed by atoms with Crippen molar-refractivity contribution in [3.63, 3.8) is 0 Å². The summed E-state index contributed by atoms with van der Waals surface area (Å²) in [6.45, 7) is 0. The molecule has 2 aromatic carbocycles. The maximum atomic E-state index is 12.2. The van der Waals surface area contributed by atoms with Crippen LogP contribution in [-0.2, 0) is 20.7 Å². The summed E-state index contributed by atoms with van der Waals surface area (Å²) in [6.07, 6.45) is 2.44. The fraction of sp³-hybridized carbons (Fsp3) is 0.273. The second kappa shape index (κ2) is 10.8. The maximum Gasteiger partial charge on any atom is 0.338 e. The number of ether oxygens (including phenoxy) is 6. The minimum atomic E-state index is -0.821. The van der Waals surface area contributed by atoms with E-state index in [4.69, 9.17) is 28.4 Å². The molecule has 0 saturated heterocycles. The van der Waals surface area contributed by atoms with E-state index in [0.717, 1.165) is 6.08 Å². The van der Waals surface area contributed by atoms with Crippen LogP contribution < -0.4 is 23.7 Å². The molecule has 8 nitrogen and oxygen atoms in total. The minimum absolute atomic E-state index is 0.153. The summed E-state index contributed by atoms with van der Waals surface area (Å²) in [5.74, 6) is 0.756. The molecule has 0 radical (unpaired) electrons. The summed E-state index contributed by atoms with van der Waals surface area (Å²) in [4.78, 5) is 24.3. The number of esters is 2. The number of hydrogen-bond acceptors (Lipinski definition) is 8. The molecule has 0 aliphatic heterocycles. The van der Waals surface area contributed by atoms with Gasteiger partial charge in [-0.25, -0.2) is 4.79 Å². The van der Waals surface area contributed by atoms with Crippen LogP contribution in [0.1, 0.15) is 11.1 Å². The van der Waals surface area contributed by atoms with Gasteiger partial charge in [0.2, 0.25) is 5.75 Å². The first-order valence-electron chi connectivity index (χ1n) is 8.89. The van der Waals surface area contributed by atoms with Gasteiger partial charge in [-0.3, -0.25) is 4.79 Å². The van der Waals surface area contributed by atoms with E-state index in [2.05, 4.69) is 0 Å². The molecule has 2 rings (SSSR count). The Morgan fingerprint density at radius 2 is 1.47 bits per heavy atom. The molecule has 0 aliphatic carbocycles. The van der Waals surface area contributed by atoms with Crippen LogP contribution in [0.3, 0.4) is 0 Å². The van der Waals surface area contributed by atoms with E-state index >= 15 is 0 Å². The third-order valence-electron chi connectivity index (χ3n) is 4.17. The van der Waals surface area contributed by atoms with Crippen molar-refractivity contribution in [1.29, 1.82) is 0 Å². The van der Waals surface area contributed by atoms with Gasteiger partial charge in [0, 0.05) is 17.2 Å². The van der Waals surface area contributed by atoms with Gasteiger partial charge >= 0.3 is 11.9 Å². The molecule has 0 amide bonds. The fourth-order valence-corrected chi connectivity index (χ4v) is 2.77. The van der Waals surface area contributed by atoms with E-state index < -0.39 is 11.9 Å². The van der Waals surface area contributed by atoms with Crippen LogP contribution in [-0.4, -0.2) is 47.5 Å². The third-order valence-corrected chi connectivity index (χ3v) is 4.17. The topological polar surface area (TPSA) is 89.5 Å². The zero-order valence-electron chi connectivity index (χ0n) is 17.5. The molecule has 0 spiro atoms. The summed E-state index contributed by atoms with van der Waals surface area (Å²) in [5, 5.41) is 0. The summed E-state index contributed by atoms with van der Waals surface area (Å²) in [5.41, 5.74) is 1.09. The average Bonchev–Trinajstić information content (AvgIpc) is 2.76. The highest BCUT2D eigenvalue weighted by atomic mass is 16.6. The molecule has 0 aliphatic rings. The molecule has 0 unspecified atom stereocenters. The highest BCUT2D eigenvalue weighted by molar-refractivity contribution is 5.95. The first-order chi connectivity index (χ1) is 14.5. The van der Waals surface area contributed by atoms with Crippen molar-refractivity contribution in [2.75, 3.05) is 35.5 Å². The second-order valence-electron chi connectivity index (χ2n) is 5.90. The van der Waals surface area contributed by atoms with Crippen LogP contribution in [0.15, 0.2) is 36.4 Å². The summed E-state index contributed by atoms with van der Waals surface area (Å²) in [7, 11) is 7.46. The van der Waals surface area contributed by atoms with Crippen LogP contribution in [0.5, 0.6) is 28.7 Å². The van der Waals surface area contributed by atoms with Gasteiger partial charge in [-0.15, -0.1) is 0 Å². The molecule has 0 saturated carbocycles. The Hall–Kier alpha value is -3.68. The largest absolute Gasteiger partial charge is 0.497 e. The lowest BCUT2D eigenvalue weighted by atomic mass is 10.1. The standard InChI is InChI=1S/C22H24O8/c1-25-16-8-10-17(26-2)15(12-16)13-20(24)30-19(23)11-7-14-6-9-18(27-3)22(29-5)21(14)28-4/h6-12H,13H2,1-5H3/b11-7+. The zero-order chi connectivity index (χ0) is 22.1. The van der Waals surface area contributed by atoms with Crippen LogP contribution in [0.4, 0.5) is 0 Å². The van der Waals surface area contributed by atoms with Gasteiger partial charge in [0.15, 0.2) is 11.5 Å². The quantitative estimate of drug-likeness (QED) is 0.350. The Balaban J connectivity index is 2.11. The monoisotopic (exact) mass is 416 g/mol. The molecule has 2 aromatic rings. The Morgan fingerprint density at radius 3 is 2.07 bits per heavy atom. The maximum absolute atomic E-state index is 12.2. The molecular weight excluding hydrogens is 392 g/mol. The van der Waals surface area contributed by atoms with Crippen LogP contribution in [0.25, 0.3) is 6.08 Å². The SMILES string of the molecule is COc1ccc(OC)c(CC(=O)OC(=O)/C=C/c2ccc(OC)c(OC)c2OC)c1. The van der Waals surface area contributed by atoms with Crippen molar-refractivity contribution in [1.82, 2.24) is 0 Å². The molecule has 30 heavy (non-hydrogen) atoms. The molecule has 0 fully saturated rings. The Kier molecular flexibility index (Phi) is 8.10. The second-order valence-corrected chi connectivity index (χ2v) is 5.90. The van der Waals surface area contributed by atoms with E-state index in [1.807, 2.05) is 0 Å². The van der Waals surface area contributed by atoms with Crippen LogP contribution in [0, 0.1) is 0 Å². The Morgan fingerprint density at radius 1 is 0.800 bits per heavy atom. The highest BCUT2D eigenvalue weighted by Gasteiger charge is 2.16. The molecular formula is C22H24O8. The molecule has 0 heterocycles. The normalized spacial score (nSPS) is 10.4. The van der Waals surface area contributed by atoms with Crippen molar-refractivity contribution in [2.45, 2.75) is 6.42 Å². The number of carbonyl (C=O) groups excluding carboxylic acids is 2. The predicted octanol–water partition coefficient (Wildman–Crippen LogP) is 3.06. The van der Waals surface area contributed by atoms with E-state index in [1.165, 1.54) is 41.6 Å². The van der Waals surface area contributed by atoms with Gasteiger partial charge in [-0.1, -0.05) is 0 Å². The number of carbonyl (C=O) groups is 2. The van der Waals surface area contributed by atoms with Crippen LogP contribution >= 0.6 is 0 Å². The van der Waals surface area contributed by atoms with Crippen molar-refractivity contribution in [2.24, 2.45) is 0 Å². The molecule has 0 aromatic heterocycles. The lowest BCUT2D eigenvalue weighted by molar-refractivity contribution is -0.155. The van der Waals surface area contributed by atoms with Gasteiger partial charge in [-0.05, 0) is 36.4 Å². The lowest BCUT2D eigenvalue weighted by Gasteiger charge is -2.13. The number of methoxy groups -OCH3 is 5. The van der Waals surface area contributed by atoms with E-state index in [-0.39, 0.29) is 6.42 Å². The van der Waals surface area contributed by atoms with E-state index in [9.17, 15) is 9.59 Å². The molecule has 8 heteroatoms. The van der Waals surface area contributed by atoms with Gasteiger partial charge < -0.3 is 28.4 Å². The minimum Gasteiger partial charge on any atom is -0.497 e. The van der Waals surface area contributed by atoms with Crippen molar-refractivity contribution < 1.29 is 38.0 Å². The number of benzene rings is 2. The first-order valence-corrected chi connectivity index (χ1v) is 8.89. The fourth-order valence-electron chi connectivity index (χ4n) is 2.77. The smallest absolute Gasteiger partial charge is 0.338 e. The zero-order valence-corrected chi connectivity index (χ0v) is 17.5. The van der Waals surface area contributed by atoms with Gasteiger partial charge in [0.25, 0.3) is 0 Å². The van der Waals surface area contributed by atoms with Crippen molar-refractivity contribution in [3.05, 3.63) is 47.5 Å². The average molecular weight is 416 g/mol. The molecule has 0 bridgehead atoms. The molecule has 0 N–H and O–H groups in total. The molecule has 160 valence electrons. The summed E-state index contributed by atoms with van der Waals surface area (Å²) >= 11 is 0. The van der Waals surface area contributed by atoms with E-state index in [0.29, 0.717) is 39.9 Å². The lowest BCUT2D eigenvalue weighted by Crippen LogP contribution is -2.13. The predicted molar refractivity (Wildman–Crippen MR) is 109 cm³/mol.